The smallest absolute Gasteiger partial charge is 0.256 e. The standard InChI is InChI=1S/C21H24FN3O/c1-24(17-7-11-25(12-8-17)18-5-9-23-10-6-18)21(26)19-13-15-3-2-4-16(15)14-20(19)22/h5-6,9-10,13-14,17H,2-4,7-8,11-12H2,1H3. The quantitative estimate of drug-likeness (QED) is 0.848. The minimum atomic E-state index is -0.378. The molecule has 1 saturated heterocycles. The molecule has 0 atom stereocenters. The van der Waals surface area contributed by atoms with Crippen molar-refractivity contribution in [1.29, 1.82) is 0 Å². The van der Waals surface area contributed by atoms with Crippen molar-refractivity contribution in [3.63, 3.8) is 0 Å². The van der Waals surface area contributed by atoms with Crippen molar-refractivity contribution in [2.75, 3.05) is 25.0 Å². The van der Waals surface area contributed by atoms with Crippen LogP contribution >= 0.6 is 0 Å². The third kappa shape index (κ3) is 3.18. The first-order valence-electron chi connectivity index (χ1n) is 9.37. The Kier molecular flexibility index (Phi) is 4.62. The predicted octanol–water partition coefficient (Wildman–Crippen LogP) is 3.45. The van der Waals surface area contributed by atoms with Crippen LogP contribution in [0, 0.1) is 5.82 Å². The molecule has 136 valence electrons. The molecule has 2 heterocycles. The van der Waals surface area contributed by atoms with E-state index < -0.39 is 0 Å². The summed E-state index contributed by atoms with van der Waals surface area (Å²) in [4.78, 5) is 21.0. The number of anilines is 1. The van der Waals surface area contributed by atoms with Crippen LogP contribution in [-0.4, -0.2) is 42.0 Å². The van der Waals surface area contributed by atoms with Crippen LogP contribution in [-0.2, 0) is 12.8 Å². The van der Waals surface area contributed by atoms with E-state index in [9.17, 15) is 9.18 Å². The monoisotopic (exact) mass is 353 g/mol. The number of amides is 1. The third-order valence-corrected chi connectivity index (χ3v) is 5.77. The number of benzene rings is 1. The minimum Gasteiger partial charge on any atom is -0.371 e. The molecule has 2 aliphatic rings. The molecule has 0 spiro atoms. The molecule has 26 heavy (non-hydrogen) atoms. The predicted molar refractivity (Wildman–Crippen MR) is 100.0 cm³/mol. The molecule has 4 nitrogen and oxygen atoms in total. The normalized spacial score (nSPS) is 17.2. The number of pyridine rings is 1. The second-order valence-electron chi connectivity index (χ2n) is 7.29. The number of piperidine rings is 1. The first-order valence-corrected chi connectivity index (χ1v) is 9.37. The van der Waals surface area contributed by atoms with Gasteiger partial charge in [-0.3, -0.25) is 9.78 Å². The number of aryl methyl sites for hydroxylation is 2. The fourth-order valence-corrected chi connectivity index (χ4v) is 4.18. The molecule has 0 N–H and O–H groups in total. The van der Waals surface area contributed by atoms with Crippen LogP contribution in [0.5, 0.6) is 0 Å². The Morgan fingerprint density at radius 3 is 2.50 bits per heavy atom. The summed E-state index contributed by atoms with van der Waals surface area (Å²) in [6, 6.07) is 7.51. The molecule has 2 aromatic rings. The highest BCUT2D eigenvalue weighted by molar-refractivity contribution is 5.95. The minimum absolute atomic E-state index is 0.147. The summed E-state index contributed by atoms with van der Waals surface area (Å²) < 4.78 is 14.4. The van der Waals surface area contributed by atoms with Crippen molar-refractivity contribution in [2.24, 2.45) is 0 Å². The van der Waals surface area contributed by atoms with E-state index in [1.807, 2.05) is 19.2 Å². The van der Waals surface area contributed by atoms with E-state index >= 15 is 0 Å². The van der Waals surface area contributed by atoms with Crippen molar-refractivity contribution in [1.82, 2.24) is 9.88 Å². The lowest BCUT2D eigenvalue weighted by molar-refractivity contribution is 0.0704. The molecule has 0 bridgehead atoms. The van der Waals surface area contributed by atoms with E-state index in [2.05, 4.69) is 9.88 Å². The van der Waals surface area contributed by atoms with Gasteiger partial charge < -0.3 is 9.80 Å². The lowest BCUT2D eigenvalue weighted by Gasteiger charge is -2.38. The van der Waals surface area contributed by atoms with E-state index in [0.29, 0.717) is 0 Å². The average molecular weight is 353 g/mol. The Morgan fingerprint density at radius 1 is 1.15 bits per heavy atom. The van der Waals surface area contributed by atoms with Gasteiger partial charge in [0.25, 0.3) is 5.91 Å². The molecule has 1 aromatic carbocycles. The first kappa shape index (κ1) is 17.0. The molecule has 1 fully saturated rings. The third-order valence-electron chi connectivity index (χ3n) is 5.77. The van der Waals surface area contributed by atoms with Crippen molar-refractivity contribution >= 4 is 11.6 Å². The second-order valence-corrected chi connectivity index (χ2v) is 7.29. The molecule has 4 rings (SSSR count). The van der Waals surface area contributed by atoms with Gasteiger partial charge in [0.05, 0.1) is 5.56 Å². The number of carbonyl (C=O) groups excluding carboxylic acids is 1. The molecule has 0 saturated carbocycles. The molecule has 0 radical (unpaired) electrons. The Bertz CT molecular complexity index is 800. The zero-order valence-electron chi connectivity index (χ0n) is 15.1. The van der Waals surface area contributed by atoms with Crippen molar-refractivity contribution in [2.45, 2.75) is 38.1 Å². The summed E-state index contributed by atoms with van der Waals surface area (Å²) in [7, 11) is 1.81. The van der Waals surface area contributed by atoms with Crippen LogP contribution in [0.15, 0.2) is 36.7 Å². The van der Waals surface area contributed by atoms with Gasteiger partial charge >= 0.3 is 0 Å². The summed E-state index contributed by atoms with van der Waals surface area (Å²) in [6.07, 6.45) is 8.29. The largest absolute Gasteiger partial charge is 0.371 e. The zero-order valence-corrected chi connectivity index (χ0v) is 15.1. The summed E-state index contributed by atoms with van der Waals surface area (Å²) in [5, 5.41) is 0. The molecule has 1 aliphatic heterocycles. The lowest BCUT2D eigenvalue weighted by Crippen LogP contribution is -2.45. The van der Waals surface area contributed by atoms with Gasteiger partial charge in [0.2, 0.25) is 0 Å². The van der Waals surface area contributed by atoms with E-state index in [1.165, 1.54) is 0 Å². The summed E-state index contributed by atoms with van der Waals surface area (Å²) in [6.45, 7) is 1.78. The van der Waals surface area contributed by atoms with E-state index in [-0.39, 0.29) is 23.3 Å². The topological polar surface area (TPSA) is 36.4 Å². The Morgan fingerprint density at radius 2 is 1.81 bits per heavy atom. The van der Waals surface area contributed by atoms with Crippen LogP contribution in [0.3, 0.4) is 0 Å². The van der Waals surface area contributed by atoms with Crippen LogP contribution in [0.4, 0.5) is 10.1 Å². The van der Waals surface area contributed by atoms with Gasteiger partial charge in [-0.05, 0) is 67.5 Å². The van der Waals surface area contributed by atoms with E-state index in [4.69, 9.17) is 0 Å². The Hall–Kier alpha value is -2.43. The van der Waals surface area contributed by atoms with Gasteiger partial charge in [-0.1, -0.05) is 0 Å². The fraction of sp³-hybridized carbons (Fsp3) is 0.429. The van der Waals surface area contributed by atoms with Crippen LogP contribution in [0.1, 0.15) is 40.7 Å². The highest BCUT2D eigenvalue weighted by atomic mass is 19.1. The highest BCUT2D eigenvalue weighted by Crippen LogP contribution is 2.27. The molecule has 5 heteroatoms. The zero-order chi connectivity index (χ0) is 18.1. The van der Waals surface area contributed by atoms with Gasteiger partial charge in [-0.2, -0.15) is 0 Å². The molecular formula is C21H24FN3O. The SMILES string of the molecule is CN(C(=O)c1cc2c(cc1F)CCC2)C1CCN(c2ccncc2)CC1. The van der Waals surface area contributed by atoms with Gasteiger partial charge in [-0.15, -0.1) is 0 Å². The van der Waals surface area contributed by atoms with Crippen molar-refractivity contribution in [3.8, 4) is 0 Å². The molecule has 1 aliphatic carbocycles. The lowest BCUT2D eigenvalue weighted by atomic mass is 10.0. The number of aromatic nitrogens is 1. The van der Waals surface area contributed by atoms with Crippen molar-refractivity contribution in [3.05, 3.63) is 59.2 Å². The number of hydrogen-bond donors (Lipinski definition) is 0. The van der Waals surface area contributed by atoms with Crippen LogP contribution in [0.2, 0.25) is 0 Å². The Balaban J connectivity index is 1.44. The number of nitrogens with zero attached hydrogens (tertiary/aromatic N) is 3. The average Bonchev–Trinajstić information content (AvgIpc) is 3.14. The maximum absolute atomic E-state index is 14.4. The summed E-state index contributed by atoms with van der Waals surface area (Å²) >= 11 is 0. The number of hydrogen-bond acceptors (Lipinski definition) is 3. The maximum atomic E-state index is 14.4. The number of carbonyl (C=O) groups is 1. The van der Waals surface area contributed by atoms with E-state index in [0.717, 1.165) is 62.0 Å². The maximum Gasteiger partial charge on any atom is 0.256 e. The highest BCUT2D eigenvalue weighted by Gasteiger charge is 2.28. The van der Waals surface area contributed by atoms with Crippen molar-refractivity contribution < 1.29 is 9.18 Å². The summed E-state index contributed by atoms with van der Waals surface area (Å²) in [5.41, 5.74) is 3.59. The number of halogens is 1. The fourth-order valence-electron chi connectivity index (χ4n) is 4.18. The van der Waals surface area contributed by atoms with Crippen LogP contribution in [0.25, 0.3) is 0 Å². The van der Waals surface area contributed by atoms with Gasteiger partial charge in [0, 0.05) is 44.3 Å². The first-order chi connectivity index (χ1) is 12.6. The van der Waals surface area contributed by atoms with Gasteiger partial charge in [0.1, 0.15) is 5.82 Å². The molecule has 0 unspecified atom stereocenters. The van der Waals surface area contributed by atoms with Gasteiger partial charge in [0.15, 0.2) is 0 Å². The number of fused-ring (bicyclic) bond motifs is 1. The molecular weight excluding hydrogens is 329 g/mol. The second kappa shape index (κ2) is 7.06. The Labute approximate surface area is 153 Å². The van der Waals surface area contributed by atoms with Gasteiger partial charge in [-0.25, -0.2) is 4.39 Å². The number of rotatable bonds is 3. The summed E-state index contributed by atoms with van der Waals surface area (Å²) in [5.74, 6) is -0.573. The molecule has 1 amide bonds. The molecule has 1 aromatic heterocycles. The van der Waals surface area contributed by atoms with Crippen LogP contribution < -0.4 is 4.90 Å². The van der Waals surface area contributed by atoms with E-state index in [1.54, 1.807) is 29.4 Å².